The van der Waals surface area contributed by atoms with E-state index in [2.05, 4.69) is 11.6 Å². The van der Waals surface area contributed by atoms with E-state index in [-0.39, 0.29) is 5.82 Å². The Kier molecular flexibility index (Phi) is 3.25. The van der Waals surface area contributed by atoms with Crippen molar-refractivity contribution in [1.82, 2.24) is 4.98 Å². The number of pyridine rings is 1. The molecule has 0 fully saturated rings. The molecule has 98 valence electrons. The van der Waals surface area contributed by atoms with Gasteiger partial charge in [0, 0.05) is 10.9 Å². The van der Waals surface area contributed by atoms with Crippen molar-refractivity contribution >= 4 is 28.6 Å². The summed E-state index contributed by atoms with van der Waals surface area (Å²) >= 11 is 6.30. The van der Waals surface area contributed by atoms with Crippen molar-refractivity contribution in [3.63, 3.8) is 0 Å². The fraction of sp³-hybridized carbons (Fsp3) is 0. The molecule has 2 aromatic carbocycles. The van der Waals surface area contributed by atoms with Gasteiger partial charge in [-0.05, 0) is 42.0 Å². The summed E-state index contributed by atoms with van der Waals surface area (Å²) in [5.41, 5.74) is 3.34. The number of hydrogen-bond acceptors (Lipinski definition) is 1. The predicted octanol–water partition coefficient (Wildman–Crippen LogP) is 5.34. The topological polar surface area (TPSA) is 12.9 Å². The normalized spacial score (nSPS) is 10.7. The molecule has 0 saturated carbocycles. The lowest BCUT2D eigenvalue weighted by atomic mass is 10.1. The van der Waals surface area contributed by atoms with E-state index < -0.39 is 0 Å². The third kappa shape index (κ3) is 2.30. The van der Waals surface area contributed by atoms with Crippen LogP contribution in [-0.4, -0.2) is 4.98 Å². The van der Waals surface area contributed by atoms with Crippen LogP contribution in [0.5, 0.6) is 0 Å². The Labute approximate surface area is 121 Å². The van der Waals surface area contributed by atoms with Crippen molar-refractivity contribution < 1.29 is 4.39 Å². The first-order valence-corrected chi connectivity index (χ1v) is 6.54. The Morgan fingerprint density at radius 2 is 1.80 bits per heavy atom. The predicted molar refractivity (Wildman–Crippen MR) is 82.2 cm³/mol. The molecule has 3 heteroatoms. The average molecular weight is 284 g/mol. The van der Waals surface area contributed by atoms with Crippen LogP contribution in [0.2, 0.25) is 5.02 Å². The Balaban J connectivity index is 2.21. The van der Waals surface area contributed by atoms with Crippen LogP contribution in [0.3, 0.4) is 0 Å². The van der Waals surface area contributed by atoms with Crippen molar-refractivity contribution in [2.75, 3.05) is 0 Å². The molecule has 3 aromatic rings. The van der Waals surface area contributed by atoms with Gasteiger partial charge in [0.05, 0.1) is 16.2 Å². The smallest absolute Gasteiger partial charge is 0.123 e. The molecule has 0 aliphatic carbocycles. The van der Waals surface area contributed by atoms with E-state index >= 15 is 0 Å². The molecule has 3 rings (SSSR count). The number of hydrogen-bond donors (Lipinski definition) is 0. The van der Waals surface area contributed by atoms with Gasteiger partial charge in [-0.1, -0.05) is 36.4 Å². The second-order valence-electron chi connectivity index (χ2n) is 4.48. The molecule has 0 atom stereocenters. The lowest BCUT2D eigenvalue weighted by Gasteiger charge is -2.06. The van der Waals surface area contributed by atoms with Gasteiger partial charge in [0.15, 0.2) is 0 Å². The van der Waals surface area contributed by atoms with Crippen molar-refractivity contribution in [3.8, 4) is 11.3 Å². The molecule has 20 heavy (non-hydrogen) atoms. The molecule has 0 spiro atoms. The van der Waals surface area contributed by atoms with Crippen LogP contribution >= 0.6 is 11.6 Å². The van der Waals surface area contributed by atoms with Gasteiger partial charge in [-0.25, -0.2) is 9.37 Å². The molecule has 1 heterocycles. The lowest BCUT2D eigenvalue weighted by molar-refractivity contribution is 0.628. The van der Waals surface area contributed by atoms with Crippen molar-refractivity contribution in [2.24, 2.45) is 0 Å². The van der Waals surface area contributed by atoms with Gasteiger partial charge < -0.3 is 0 Å². The maximum Gasteiger partial charge on any atom is 0.123 e. The molecule has 0 N–H and O–H groups in total. The highest BCUT2D eigenvalue weighted by Gasteiger charge is 2.06. The molecule has 0 bridgehead atoms. The Bertz CT molecular complexity index is 794. The number of benzene rings is 2. The summed E-state index contributed by atoms with van der Waals surface area (Å²) < 4.78 is 13.0. The van der Waals surface area contributed by atoms with Crippen LogP contribution in [0.15, 0.2) is 55.1 Å². The first-order chi connectivity index (χ1) is 9.67. The van der Waals surface area contributed by atoms with Gasteiger partial charge in [0.1, 0.15) is 5.82 Å². The molecule has 0 aliphatic rings. The van der Waals surface area contributed by atoms with E-state index in [1.807, 2.05) is 18.2 Å². The molecule has 0 amide bonds. The molecule has 1 aromatic heterocycles. The maximum absolute atomic E-state index is 13.0. The number of fused-ring (bicyclic) bond motifs is 1. The quantitative estimate of drug-likeness (QED) is 0.619. The Hall–Kier alpha value is -2.19. The summed E-state index contributed by atoms with van der Waals surface area (Å²) in [4.78, 5) is 4.59. The number of aromatic nitrogens is 1. The van der Waals surface area contributed by atoms with Crippen molar-refractivity contribution in [2.45, 2.75) is 0 Å². The zero-order valence-corrected chi connectivity index (χ0v) is 11.4. The highest BCUT2D eigenvalue weighted by molar-refractivity contribution is 6.35. The first kappa shape index (κ1) is 12.8. The van der Waals surface area contributed by atoms with Gasteiger partial charge in [-0.3, -0.25) is 0 Å². The van der Waals surface area contributed by atoms with Crippen LogP contribution in [0.1, 0.15) is 5.56 Å². The molecule has 0 aliphatic heterocycles. The largest absolute Gasteiger partial charge is 0.248 e. The van der Waals surface area contributed by atoms with Gasteiger partial charge in [-0.2, -0.15) is 0 Å². The summed E-state index contributed by atoms with van der Waals surface area (Å²) in [7, 11) is 0. The molecule has 0 saturated heterocycles. The fourth-order valence-corrected chi connectivity index (χ4v) is 2.36. The summed E-state index contributed by atoms with van der Waals surface area (Å²) in [6.07, 6.45) is 1.76. The van der Waals surface area contributed by atoms with E-state index in [9.17, 15) is 4.39 Å². The molecule has 0 radical (unpaired) electrons. The zero-order chi connectivity index (χ0) is 14.1. The molecule has 0 unspecified atom stereocenters. The molecular weight excluding hydrogens is 273 g/mol. The second kappa shape index (κ2) is 5.06. The van der Waals surface area contributed by atoms with E-state index in [0.717, 1.165) is 27.7 Å². The Morgan fingerprint density at radius 1 is 1.05 bits per heavy atom. The summed E-state index contributed by atoms with van der Waals surface area (Å²) in [5.74, 6) is -0.269. The highest BCUT2D eigenvalue weighted by Crippen LogP contribution is 2.28. The van der Waals surface area contributed by atoms with E-state index in [0.29, 0.717) is 5.02 Å². The highest BCUT2D eigenvalue weighted by atomic mass is 35.5. The van der Waals surface area contributed by atoms with Crippen LogP contribution in [-0.2, 0) is 0 Å². The molecular formula is C17H11ClFN. The van der Waals surface area contributed by atoms with Crippen LogP contribution in [0, 0.1) is 5.82 Å². The lowest BCUT2D eigenvalue weighted by Crippen LogP contribution is -1.88. The van der Waals surface area contributed by atoms with Crippen LogP contribution in [0.25, 0.3) is 28.2 Å². The monoisotopic (exact) mass is 283 g/mol. The van der Waals surface area contributed by atoms with Crippen molar-refractivity contribution in [3.05, 3.63) is 71.5 Å². The first-order valence-electron chi connectivity index (χ1n) is 6.16. The van der Waals surface area contributed by atoms with Gasteiger partial charge in [0.2, 0.25) is 0 Å². The minimum absolute atomic E-state index is 0.269. The number of rotatable bonds is 2. The fourth-order valence-electron chi connectivity index (χ4n) is 2.10. The summed E-state index contributed by atoms with van der Waals surface area (Å²) in [5, 5.41) is 1.52. The summed E-state index contributed by atoms with van der Waals surface area (Å²) in [6.45, 7) is 3.75. The third-order valence-corrected chi connectivity index (χ3v) is 3.47. The zero-order valence-electron chi connectivity index (χ0n) is 10.6. The summed E-state index contributed by atoms with van der Waals surface area (Å²) in [6, 6.07) is 13.8. The van der Waals surface area contributed by atoms with Gasteiger partial charge in [-0.15, -0.1) is 0 Å². The van der Waals surface area contributed by atoms with E-state index in [4.69, 9.17) is 11.6 Å². The number of nitrogens with zero attached hydrogens (tertiary/aromatic N) is 1. The average Bonchev–Trinajstić information content (AvgIpc) is 2.47. The standard InChI is InChI=1S/C17H11ClFN/c1-2-11-3-8-14-15(18)10-16(20-17(14)9-11)12-4-6-13(19)7-5-12/h2-10H,1H2. The second-order valence-corrected chi connectivity index (χ2v) is 4.88. The number of halogens is 2. The van der Waals surface area contributed by atoms with Gasteiger partial charge >= 0.3 is 0 Å². The minimum atomic E-state index is -0.269. The van der Waals surface area contributed by atoms with Crippen molar-refractivity contribution in [1.29, 1.82) is 0 Å². The Morgan fingerprint density at radius 3 is 2.50 bits per heavy atom. The third-order valence-electron chi connectivity index (χ3n) is 3.16. The maximum atomic E-state index is 13.0. The minimum Gasteiger partial charge on any atom is -0.248 e. The van der Waals surface area contributed by atoms with E-state index in [1.165, 1.54) is 12.1 Å². The van der Waals surface area contributed by atoms with Crippen LogP contribution in [0.4, 0.5) is 4.39 Å². The molecule has 1 nitrogen and oxygen atoms in total. The SMILES string of the molecule is C=Cc1ccc2c(Cl)cc(-c3ccc(F)cc3)nc2c1. The van der Waals surface area contributed by atoms with Gasteiger partial charge in [0.25, 0.3) is 0 Å². The van der Waals surface area contributed by atoms with E-state index in [1.54, 1.807) is 24.3 Å². The van der Waals surface area contributed by atoms with Crippen LogP contribution < -0.4 is 0 Å².